The number of rotatable bonds is 4. The molecule has 1 aromatic carbocycles. The SMILES string of the molecule is C=CC1CC(C(=O)OC)(C(=O)OC)C/C1=C(\C)c1cccc(Cl)c1. The van der Waals surface area contributed by atoms with E-state index >= 15 is 0 Å². The van der Waals surface area contributed by atoms with E-state index in [9.17, 15) is 9.59 Å². The third kappa shape index (κ3) is 3.11. The van der Waals surface area contributed by atoms with Crippen molar-refractivity contribution in [2.24, 2.45) is 11.3 Å². The summed E-state index contributed by atoms with van der Waals surface area (Å²) in [6, 6.07) is 7.48. The number of hydrogen-bond donors (Lipinski definition) is 0. The number of ether oxygens (including phenoxy) is 2. The van der Waals surface area contributed by atoms with E-state index in [1.807, 2.05) is 25.1 Å². The van der Waals surface area contributed by atoms with Gasteiger partial charge >= 0.3 is 11.9 Å². The van der Waals surface area contributed by atoms with Crippen molar-refractivity contribution in [1.29, 1.82) is 0 Å². The summed E-state index contributed by atoms with van der Waals surface area (Å²) >= 11 is 6.08. The van der Waals surface area contributed by atoms with Gasteiger partial charge in [0, 0.05) is 5.02 Å². The fourth-order valence-electron chi connectivity index (χ4n) is 3.36. The standard InChI is InChI=1S/C19H21ClO4/c1-5-13-10-19(17(21)23-3,18(22)24-4)11-16(13)12(2)14-7-6-8-15(20)9-14/h5-9,13H,1,10-11H2,2-4H3/b16-12-. The van der Waals surface area contributed by atoms with Gasteiger partial charge in [0.15, 0.2) is 5.41 Å². The van der Waals surface area contributed by atoms with Crippen molar-refractivity contribution >= 4 is 29.1 Å². The van der Waals surface area contributed by atoms with Crippen LogP contribution in [0, 0.1) is 11.3 Å². The summed E-state index contributed by atoms with van der Waals surface area (Å²) in [7, 11) is 2.56. The lowest BCUT2D eigenvalue weighted by Crippen LogP contribution is -2.39. The molecule has 0 radical (unpaired) electrons. The smallest absolute Gasteiger partial charge is 0.323 e. The number of hydrogen-bond acceptors (Lipinski definition) is 4. The van der Waals surface area contributed by atoms with Crippen molar-refractivity contribution in [2.45, 2.75) is 19.8 Å². The van der Waals surface area contributed by atoms with Crippen LogP contribution in [0.15, 0.2) is 42.5 Å². The maximum Gasteiger partial charge on any atom is 0.323 e. The second-order valence-corrected chi connectivity index (χ2v) is 6.39. The molecule has 1 fully saturated rings. The lowest BCUT2D eigenvalue weighted by atomic mass is 9.85. The van der Waals surface area contributed by atoms with E-state index in [1.54, 1.807) is 12.1 Å². The summed E-state index contributed by atoms with van der Waals surface area (Å²) in [5.74, 6) is -1.26. The zero-order chi connectivity index (χ0) is 17.9. The van der Waals surface area contributed by atoms with Gasteiger partial charge in [-0.2, -0.15) is 0 Å². The molecule has 0 amide bonds. The Morgan fingerprint density at radius 2 is 1.92 bits per heavy atom. The molecule has 0 aromatic heterocycles. The molecule has 0 spiro atoms. The van der Waals surface area contributed by atoms with E-state index in [0.717, 1.165) is 16.7 Å². The first-order chi connectivity index (χ1) is 11.4. The van der Waals surface area contributed by atoms with Crippen LogP contribution in [0.1, 0.15) is 25.3 Å². The average molecular weight is 349 g/mol. The maximum atomic E-state index is 12.4. The Hall–Kier alpha value is -2.07. The van der Waals surface area contributed by atoms with Crippen LogP contribution in [0.5, 0.6) is 0 Å². The van der Waals surface area contributed by atoms with Gasteiger partial charge in [0.05, 0.1) is 14.2 Å². The lowest BCUT2D eigenvalue weighted by molar-refractivity contribution is -0.168. The van der Waals surface area contributed by atoms with Gasteiger partial charge in [0.2, 0.25) is 0 Å². The van der Waals surface area contributed by atoms with Crippen molar-refractivity contribution < 1.29 is 19.1 Å². The quantitative estimate of drug-likeness (QED) is 0.468. The van der Waals surface area contributed by atoms with Gasteiger partial charge in [-0.15, -0.1) is 6.58 Å². The number of carbonyl (C=O) groups excluding carboxylic acids is 2. The summed E-state index contributed by atoms with van der Waals surface area (Å²) in [5.41, 5.74) is 1.59. The molecule has 0 heterocycles. The first-order valence-corrected chi connectivity index (χ1v) is 8.02. The number of benzene rings is 1. The van der Waals surface area contributed by atoms with E-state index in [2.05, 4.69) is 6.58 Å². The highest BCUT2D eigenvalue weighted by atomic mass is 35.5. The number of esters is 2. The van der Waals surface area contributed by atoms with Crippen molar-refractivity contribution in [3.63, 3.8) is 0 Å². The van der Waals surface area contributed by atoms with Gasteiger partial charge in [-0.1, -0.05) is 35.4 Å². The first-order valence-electron chi connectivity index (χ1n) is 7.64. The highest BCUT2D eigenvalue weighted by Gasteiger charge is 2.55. The second-order valence-electron chi connectivity index (χ2n) is 5.95. The summed E-state index contributed by atoms with van der Waals surface area (Å²) in [6.07, 6.45) is 2.31. The number of halogens is 1. The second kappa shape index (κ2) is 7.22. The Balaban J connectivity index is 2.55. The molecule has 2 rings (SSSR count). The zero-order valence-corrected chi connectivity index (χ0v) is 14.9. The molecule has 128 valence electrons. The van der Waals surface area contributed by atoms with Gasteiger partial charge in [0.25, 0.3) is 0 Å². The van der Waals surface area contributed by atoms with E-state index in [0.29, 0.717) is 11.4 Å². The topological polar surface area (TPSA) is 52.6 Å². The molecule has 0 bridgehead atoms. The third-order valence-corrected chi connectivity index (χ3v) is 4.92. The highest BCUT2D eigenvalue weighted by molar-refractivity contribution is 6.30. The molecule has 0 saturated heterocycles. The van der Waals surface area contributed by atoms with Gasteiger partial charge in [0.1, 0.15) is 0 Å². The Morgan fingerprint density at radius 1 is 1.29 bits per heavy atom. The van der Waals surface area contributed by atoms with Crippen LogP contribution in [-0.2, 0) is 19.1 Å². The molecule has 4 nitrogen and oxygen atoms in total. The molecule has 0 N–H and O–H groups in total. The van der Waals surface area contributed by atoms with Crippen molar-refractivity contribution in [3.05, 3.63) is 53.1 Å². The monoisotopic (exact) mass is 348 g/mol. The van der Waals surface area contributed by atoms with Crippen molar-refractivity contribution in [3.8, 4) is 0 Å². The van der Waals surface area contributed by atoms with E-state index in [4.69, 9.17) is 21.1 Å². The molecule has 24 heavy (non-hydrogen) atoms. The molecule has 5 heteroatoms. The van der Waals surface area contributed by atoms with Gasteiger partial charge in [-0.05, 0) is 49.0 Å². The number of methoxy groups -OCH3 is 2. The van der Waals surface area contributed by atoms with Crippen molar-refractivity contribution in [1.82, 2.24) is 0 Å². The predicted octanol–water partition coefficient (Wildman–Crippen LogP) is 4.04. The molecule has 1 atom stereocenters. The fraction of sp³-hybridized carbons (Fsp3) is 0.368. The molecular weight excluding hydrogens is 328 g/mol. The van der Waals surface area contributed by atoms with Crippen LogP contribution in [0.3, 0.4) is 0 Å². The summed E-state index contributed by atoms with van der Waals surface area (Å²) in [5, 5.41) is 0.632. The molecule has 1 saturated carbocycles. The Kier molecular flexibility index (Phi) is 5.50. The highest BCUT2D eigenvalue weighted by Crippen LogP contribution is 2.50. The average Bonchev–Trinajstić information content (AvgIpc) is 3.00. The normalized spacial score (nSPS) is 21.1. The molecular formula is C19H21ClO4. The fourth-order valence-corrected chi connectivity index (χ4v) is 3.55. The van der Waals surface area contributed by atoms with Crippen LogP contribution in [0.2, 0.25) is 5.02 Å². The van der Waals surface area contributed by atoms with Crippen LogP contribution in [-0.4, -0.2) is 26.2 Å². The van der Waals surface area contributed by atoms with Crippen LogP contribution >= 0.6 is 11.6 Å². The maximum absolute atomic E-state index is 12.4. The first kappa shape index (κ1) is 18.3. The summed E-state index contributed by atoms with van der Waals surface area (Å²) in [6.45, 7) is 5.82. The molecule has 1 aliphatic rings. The van der Waals surface area contributed by atoms with Gasteiger partial charge < -0.3 is 9.47 Å². The molecule has 1 aromatic rings. The molecule has 1 aliphatic carbocycles. The Morgan fingerprint density at radius 3 is 2.42 bits per heavy atom. The molecule has 1 unspecified atom stereocenters. The lowest BCUT2D eigenvalue weighted by Gasteiger charge is -2.22. The van der Waals surface area contributed by atoms with Crippen molar-refractivity contribution in [2.75, 3.05) is 14.2 Å². The Labute approximate surface area is 147 Å². The summed E-state index contributed by atoms with van der Waals surface area (Å²) in [4.78, 5) is 24.7. The van der Waals surface area contributed by atoms with E-state index in [-0.39, 0.29) is 12.3 Å². The van der Waals surface area contributed by atoms with E-state index in [1.165, 1.54) is 14.2 Å². The number of carbonyl (C=O) groups is 2. The summed E-state index contributed by atoms with van der Waals surface area (Å²) < 4.78 is 9.78. The number of allylic oxidation sites excluding steroid dienone is 3. The van der Waals surface area contributed by atoms with Crippen LogP contribution < -0.4 is 0 Å². The largest absolute Gasteiger partial charge is 0.468 e. The minimum absolute atomic E-state index is 0.109. The minimum atomic E-state index is -1.32. The Bertz CT molecular complexity index is 689. The minimum Gasteiger partial charge on any atom is -0.468 e. The van der Waals surface area contributed by atoms with Crippen LogP contribution in [0.4, 0.5) is 0 Å². The molecule has 0 aliphatic heterocycles. The zero-order valence-electron chi connectivity index (χ0n) is 14.1. The van der Waals surface area contributed by atoms with Crippen LogP contribution in [0.25, 0.3) is 5.57 Å². The van der Waals surface area contributed by atoms with Gasteiger partial charge in [-0.25, -0.2) is 0 Å². The predicted molar refractivity (Wildman–Crippen MR) is 93.4 cm³/mol. The van der Waals surface area contributed by atoms with Gasteiger partial charge in [-0.3, -0.25) is 9.59 Å². The third-order valence-electron chi connectivity index (χ3n) is 4.68. The van der Waals surface area contributed by atoms with E-state index < -0.39 is 17.4 Å².